The molecule has 1 aliphatic heterocycles. The number of fused-ring (bicyclic) bond motifs is 1. The molecular formula is C24H32N6O. The zero-order chi connectivity index (χ0) is 21.5. The van der Waals surface area contributed by atoms with Crippen molar-refractivity contribution in [2.45, 2.75) is 71.4 Å². The number of likely N-dealkylation sites (tertiary alicyclic amines) is 1. The highest BCUT2D eigenvalue weighted by molar-refractivity contribution is 5.83. The lowest BCUT2D eigenvalue weighted by Gasteiger charge is -2.36. The molecule has 3 aromatic rings. The number of nitrogens with one attached hydrogen (secondary N) is 1. The molecule has 1 saturated heterocycles. The Labute approximate surface area is 182 Å². The van der Waals surface area contributed by atoms with Gasteiger partial charge in [-0.1, -0.05) is 31.9 Å². The number of rotatable bonds is 4. The van der Waals surface area contributed by atoms with Gasteiger partial charge in [0.15, 0.2) is 5.82 Å². The number of aromatic nitrogens is 5. The number of nitrogens with zero attached hydrogens (tertiary/aromatic N) is 5. The maximum absolute atomic E-state index is 13.4. The Morgan fingerprint density at radius 3 is 2.71 bits per heavy atom. The second-order valence-corrected chi connectivity index (χ2v) is 9.59. The van der Waals surface area contributed by atoms with Crippen molar-refractivity contribution in [3.63, 3.8) is 0 Å². The molecule has 1 aliphatic carbocycles. The third kappa shape index (κ3) is 3.69. The molecule has 0 unspecified atom stereocenters. The van der Waals surface area contributed by atoms with Crippen LogP contribution in [-0.2, 0) is 0 Å². The van der Waals surface area contributed by atoms with Gasteiger partial charge in [0.1, 0.15) is 6.04 Å². The summed E-state index contributed by atoms with van der Waals surface area (Å²) in [5.74, 6) is 1.41. The van der Waals surface area contributed by atoms with Gasteiger partial charge in [0.2, 0.25) is 0 Å². The molecule has 0 spiro atoms. The summed E-state index contributed by atoms with van der Waals surface area (Å²) >= 11 is 0. The van der Waals surface area contributed by atoms with E-state index in [1.807, 2.05) is 4.68 Å². The molecule has 164 valence electrons. The highest BCUT2D eigenvalue weighted by Crippen LogP contribution is 2.35. The summed E-state index contributed by atoms with van der Waals surface area (Å²) in [4.78, 5) is 19.0. The Hall–Kier alpha value is -2.54. The van der Waals surface area contributed by atoms with Crippen molar-refractivity contribution in [3.8, 4) is 0 Å². The van der Waals surface area contributed by atoms with E-state index in [9.17, 15) is 4.79 Å². The summed E-state index contributed by atoms with van der Waals surface area (Å²) in [6.07, 6.45) is 6.99. The first-order valence-corrected chi connectivity index (χ1v) is 11.7. The van der Waals surface area contributed by atoms with Crippen LogP contribution < -0.4 is 5.56 Å². The zero-order valence-electron chi connectivity index (χ0n) is 18.8. The lowest BCUT2D eigenvalue weighted by atomic mass is 9.95. The molecule has 31 heavy (non-hydrogen) atoms. The summed E-state index contributed by atoms with van der Waals surface area (Å²) in [6, 6.07) is 6.40. The van der Waals surface area contributed by atoms with Gasteiger partial charge in [-0.3, -0.25) is 9.69 Å². The van der Waals surface area contributed by atoms with Crippen LogP contribution in [0, 0.1) is 19.8 Å². The Morgan fingerprint density at radius 1 is 1.13 bits per heavy atom. The minimum absolute atomic E-state index is 0.0367. The fourth-order valence-electron chi connectivity index (χ4n) is 5.49. The number of tetrazole rings is 1. The molecule has 5 rings (SSSR count). The van der Waals surface area contributed by atoms with E-state index in [1.165, 1.54) is 24.8 Å². The van der Waals surface area contributed by atoms with Crippen molar-refractivity contribution in [2.75, 3.05) is 13.1 Å². The van der Waals surface area contributed by atoms with Gasteiger partial charge in [0, 0.05) is 12.1 Å². The molecule has 1 N–H and O–H groups in total. The molecule has 2 fully saturated rings. The van der Waals surface area contributed by atoms with Gasteiger partial charge in [0.05, 0.1) is 11.6 Å². The van der Waals surface area contributed by atoms with E-state index in [0.717, 1.165) is 60.2 Å². The number of aromatic amines is 1. The molecule has 7 heteroatoms. The third-order valence-corrected chi connectivity index (χ3v) is 7.36. The second kappa shape index (κ2) is 8.19. The van der Waals surface area contributed by atoms with Crippen LogP contribution in [0.25, 0.3) is 10.9 Å². The zero-order valence-corrected chi connectivity index (χ0v) is 18.8. The van der Waals surface area contributed by atoms with E-state index < -0.39 is 0 Å². The highest BCUT2D eigenvalue weighted by atomic mass is 16.1. The van der Waals surface area contributed by atoms with Crippen LogP contribution in [0.5, 0.6) is 0 Å². The highest BCUT2D eigenvalue weighted by Gasteiger charge is 2.34. The summed E-state index contributed by atoms with van der Waals surface area (Å²) in [5, 5.41) is 14.0. The Balaban J connectivity index is 1.67. The summed E-state index contributed by atoms with van der Waals surface area (Å²) < 4.78 is 2.01. The molecule has 7 nitrogen and oxygen atoms in total. The van der Waals surface area contributed by atoms with Gasteiger partial charge in [-0.25, -0.2) is 4.68 Å². The minimum atomic E-state index is -0.229. The van der Waals surface area contributed by atoms with Crippen molar-refractivity contribution in [1.29, 1.82) is 0 Å². The number of hydrogen-bond acceptors (Lipinski definition) is 5. The molecular weight excluding hydrogens is 388 g/mol. The number of piperidine rings is 1. The summed E-state index contributed by atoms with van der Waals surface area (Å²) in [6.45, 7) is 8.34. The van der Waals surface area contributed by atoms with E-state index >= 15 is 0 Å². The summed E-state index contributed by atoms with van der Waals surface area (Å²) in [7, 11) is 0. The molecule has 2 aliphatic rings. The molecule has 1 aromatic carbocycles. The SMILES string of the molecule is Cc1ccc2cc([C@H](c3nnnn3C3CCCC3)N3CCC[C@H](C)C3)c(=O)[nH]c2c1C. The first kappa shape index (κ1) is 20.4. The van der Waals surface area contributed by atoms with E-state index in [4.69, 9.17) is 0 Å². The van der Waals surface area contributed by atoms with Crippen molar-refractivity contribution in [3.05, 3.63) is 51.1 Å². The van der Waals surface area contributed by atoms with Gasteiger partial charge in [-0.05, 0) is 85.0 Å². The molecule has 0 radical (unpaired) electrons. The predicted octanol–water partition coefficient (Wildman–Crippen LogP) is 4.07. The first-order valence-electron chi connectivity index (χ1n) is 11.7. The molecule has 0 bridgehead atoms. The maximum Gasteiger partial charge on any atom is 0.253 e. The van der Waals surface area contributed by atoms with Gasteiger partial charge in [-0.15, -0.1) is 5.10 Å². The predicted molar refractivity (Wildman–Crippen MR) is 121 cm³/mol. The molecule has 2 atom stereocenters. The fourth-order valence-corrected chi connectivity index (χ4v) is 5.49. The number of aryl methyl sites for hydroxylation is 2. The van der Waals surface area contributed by atoms with Crippen LogP contribution in [0.3, 0.4) is 0 Å². The lowest BCUT2D eigenvalue weighted by molar-refractivity contribution is 0.139. The number of pyridine rings is 1. The van der Waals surface area contributed by atoms with Crippen LogP contribution in [0.15, 0.2) is 23.0 Å². The van der Waals surface area contributed by atoms with E-state index in [-0.39, 0.29) is 11.6 Å². The number of benzene rings is 1. The van der Waals surface area contributed by atoms with Crippen molar-refractivity contribution < 1.29 is 0 Å². The third-order valence-electron chi connectivity index (χ3n) is 7.36. The molecule has 2 aromatic heterocycles. The second-order valence-electron chi connectivity index (χ2n) is 9.59. The van der Waals surface area contributed by atoms with E-state index in [2.05, 4.69) is 64.4 Å². The largest absolute Gasteiger partial charge is 0.321 e. The number of H-pyrrole nitrogens is 1. The minimum Gasteiger partial charge on any atom is -0.321 e. The van der Waals surface area contributed by atoms with Crippen molar-refractivity contribution in [1.82, 2.24) is 30.1 Å². The van der Waals surface area contributed by atoms with Crippen LogP contribution in [-0.4, -0.2) is 43.2 Å². The molecule has 3 heterocycles. The molecule has 0 amide bonds. The average molecular weight is 421 g/mol. The first-order chi connectivity index (χ1) is 15.0. The normalized spacial score (nSPS) is 21.7. The Bertz CT molecular complexity index is 1140. The monoisotopic (exact) mass is 420 g/mol. The topological polar surface area (TPSA) is 79.7 Å². The Morgan fingerprint density at radius 2 is 1.94 bits per heavy atom. The quantitative estimate of drug-likeness (QED) is 0.688. The van der Waals surface area contributed by atoms with Crippen LogP contribution in [0.2, 0.25) is 0 Å². The average Bonchev–Trinajstić information content (AvgIpc) is 3.44. The smallest absolute Gasteiger partial charge is 0.253 e. The number of hydrogen-bond donors (Lipinski definition) is 1. The van der Waals surface area contributed by atoms with Gasteiger partial charge >= 0.3 is 0 Å². The van der Waals surface area contributed by atoms with E-state index in [0.29, 0.717) is 12.0 Å². The van der Waals surface area contributed by atoms with Crippen LogP contribution in [0.4, 0.5) is 0 Å². The van der Waals surface area contributed by atoms with Gasteiger partial charge < -0.3 is 4.98 Å². The van der Waals surface area contributed by atoms with Crippen LogP contribution >= 0.6 is 0 Å². The Kier molecular flexibility index (Phi) is 5.38. The standard InChI is InChI=1S/C24H32N6O/c1-15-7-6-12-29(14-15)22(23-26-27-28-30(23)19-8-4-5-9-19)20-13-18-11-10-16(2)17(3)21(18)25-24(20)31/h10-11,13,15,19,22H,4-9,12,14H2,1-3H3,(H,25,31)/t15-,22+/m0/s1. The van der Waals surface area contributed by atoms with Gasteiger partial charge in [0.25, 0.3) is 5.56 Å². The molecule has 1 saturated carbocycles. The van der Waals surface area contributed by atoms with E-state index in [1.54, 1.807) is 0 Å². The van der Waals surface area contributed by atoms with Crippen LogP contribution in [0.1, 0.15) is 80.0 Å². The summed E-state index contributed by atoms with van der Waals surface area (Å²) in [5.41, 5.74) is 3.95. The maximum atomic E-state index is 13.4. The van der Waals surface area contributed by atoms with Crippen molar-refractivity contribution in [2.24, 2.45) is 5.92 Å². The van der Waals surface area contributed by atoms with Crippen molar-refractivity contribution >= 4 is 10.9 Å². The fraction of sp³-hybridized carbons (Fsp3) is 0.583. The lowest BCUT2D eigenvalue weighted by Crippen LogP contribution is -2.41. The van der Waals surface area contributed by atoms with Gasteiger partial charge in [-0.2, -0.15) is 0 Å².